The molecule has 1 unspecified atom stereocenters. The predicted octanol–water partition coefficient (Wildman–Crippen LogP) is 18.7. The van der Waals surface area contributed by atoms with E-state index in [0.717, 1.165) is 89.9 Å². The number of ether oxygens (including phenoxy) is 3. The van der Waals surface area contributed by atoms with Crippen LogP contribution >= 0.6 is 0 Å². The Balaban J connectivity index is 4.52. The molecule has 0 rings (SSSR count). The van der Waals surface area contributed by atoms with Gasteiger partial charge in [-0.2, -0.15) is 0 Å². The fourth-order valence-corrected chi connectivity index (χ4v) is 7.53. The molecule has 0 aromatic heterocycles. The maximum atomic E-state index is 12.8. The van der Waals surface area contributed by atoms with E-state index in [1.165, 1.54) is 109 Å². The van der Waals surface area contributed by atoms with Gasteiger partial charge >= 0.3 is 17.9 Å². The number of carbonyl (C=O) groups is 3. The standard InChI is InChI=1S/C62H102O6/c1-4-7-10-13-16-19-22-25-28-30-32-34-37-40-43-46-49-52-55-61(64)67-58-59(57-66-60(63)54-51-48-45-42-39-36-33-27-24-21-18-15-12-9-6-3)68-62(65)56-53-50-47-44-41-38-35-31-29-26-23-20-17-14-11-8-5-2/h8,11,14,17,20,22-23,25-26,28-32,34-35,38,41,59H,4-7,9-10,12-13,15-16,18-19,21,24,27,33,36-37,39-40,42-58H2,1-3H3/b11-8-,17-14-,23-20-,25-22-,29-26-,30-28-,34-32-,35-31+,41-38-. The summed E-state index contributed by atoms with van der Waals surface area (Å²) in [5, 5.41) is 0. The quantitative estimate of drug-likeness (QED) is 0.0262. The number of unbranched alkanes of at least 4 members (excludes halogenated alkanes) is 27. The summed E-state index contributed by atoms with van der Waals surface area (Å²) in [5.41, 5.74) is 0. The third-order valence-electron chi connectivity index (χ3n) is 11.7. The highest BCUT2D eigenvalue weighted by Gasteiger charge is 2.19. The first-order valence-electron chi connectivity index (χ1n) is 28.0. The Bertz CT molecular complexity index is 1410. The second kappa shape index (κ2) is 55.7. The second-order valence-corrected chi connectivity index (χ2v) is 18.3. The highest BCUT2D eigenvalue weighted by Crippen LogP contribution is 2.15. The van der Waals surface area contributed by atoms with Crippen LogP contribution in [-0.4, -0.2) is 37.2 Å². The number of hydrogen-bond donors (Lipinski definition) is 0. The lowest BCUT2D eigenvalue weighted by molar-refractivity contribution is -0.167. The maximum absolute atomic E-state index is 12.8. The normalized spacial score (nSPS) is 12.9. The van der Waals surface area contributed by atoms with Crippen LogP contribution in [0.15, 0.2) is 109 Å². The van der Waals surface area contributed by atoms with Crippen molar-refractivity contribution in [1.82, 2.24) is 0 Å². The molecule has 0 spiro atoms. The van der Waals surface area contributed by atoms with E-state index in [-0.39, 0.29) is 37.5 Å². The van der Waals surface area contributed by atoms with Crippen molar-refractivity contribution in [2.24, 2.45) is 0 Å². The molecule has 0 bridgehead atoms. The molecule has 68 heavy (non-hydrogen) atoms. The Labute approximate surface area is 419 Å². The molecule has 0 aromatic rings. The molecule has 0 amide bonds. The van der Waals surface area contributed by atoms with Crippen LogP contribution in [0, 0.1) is 0 Å². The molecule has 6 heteroatoms. The van der Waals surface area contributed by atoms with Crippen molar-refractivity contribution in [3.05, 3.63) is 109 Å². The zero-order valence-electron chi connectivity index (χ0n) is 44.1. The molecule has 0 saturated carbocycles. The first-order chi connectivity index (χ1) is 33.5. The van der Waals surface area contributed by atoms with Crippen molar-refractivity contribution in [2.75, 3.05) is 13.2 Å². The third-order valence-corrected chi connectivity index (χ3v) is 11.7. The minimum Gasteiger partial charge on any atom is -0.462 e. The van der Waals surface area contributed by atoms with Crippen LogP contribution in [0.4, 0.5) is 0 Å². The molecule has 1 atom stereocenters. The van der Waals surface area contributed by atoms with Crippen LogP contribution in [0.25, 0.3) is 0 Å². The zero-order valence-corrected chi connectivity index (χ0v) is 44.1. The SMILES string of the molecule is CC\C=C/C=C\C=C/C=C\C=C\C=C/CCCCCC(=O)OC(COC(=O)CCCCCCC\C=C/C=C\C=C/CCCCCCC)COC(=O)CCCCCCCCCCCCCCCCC. The van der Waals surface area contributed by atoms with Crippen LogP contribution in [0.3, 0.4) is 0 Å². The largest absolute Gasteiger partial charge is 0.462 e. The van der Waals surface area contributed by atoms with E-state index in [0.29, 0.717) is 19.3 Å². The van der Waals surface area contributed by atoms with E-state index in [4.69, 9.17) is 14.2 Å². The number of rotatable bonds is 49. The van der Waals surface area contributed by atoms with Crippen molar-refractivity contribution in [3.63, 3.8) is 0 Å². The van der Waals surface area contributed by atoms with Crippen molar-refractivity contribution in [1.29, 1.82) is 0 Å². The van der Waals surface area contributed by atoms with Gasteiger partial charge in [0.1, 0.15) is 13.2 Å². The van der Waals surface area contributed by atoms with Crippen molar-refractivity contribution in [3.8, 4) is 0 Å². The topological polar surface area (TPSA) is 78.9 Å². The van der Waals surface area contributed by atoms with Crippen LogP contribution in [0.1, 0.15) is 245 Å². The molecule has 0 heterocycles. The third kappa shape index (κ3) is 53.0. The smallest absolute Gasteiger partial charge is 0.306 e. The Kier molecular flexibility index (Phi) is 52.4. The minimum atomic E-state index is -0.811. The van der Waals surface area contributed by atoms with Crippen LogP contribution in [0.5, 0.6) is 0 Å². The zero-order chi connectivity index (χ0) is 49.3. The summed E-state index contributed by atoms with van der Waals surface area (Å²) in [6.45, 7) is 6.43. The summed E-state index contributed by atoms with van der Waals surface area (Å²) in [6, 6.07) is 0. The van der Waals surface area contributed by atoms with E-state index in [1.54, 1.807) is 0 Å². The van der Waals surface area contributed by atoms with Gasteiger partial charge < -0.3 is 14.2 Å². The summed E-state index contributed by atoms with van der Waals surface area (Å²) in [6.07, 6.45) is 74.9. The molecule has 0 fully saturated rings. The number of allylic oxidation sites excluding steroid dienone is 18. The monoisotopic (exact) mass is 943 g/mol. The Morgan fingerprint density at radius 1 is 0.309 bits per heavy atom. The van der Waals surface area contributed by atoms with E-state index < -0.39 is 6.10 Å². The Hall–Kier alpha value is -3.93. The lowest BCUT2D eigenvalue weighted by Crippen LogP contribution is -2.30. The summed E-state index contributed by atoms with van der Waals surface area (Å²) >= 11 is 0. The van der Waals surface area contributed by atoms with Crippen molar-refractivity contribution >= 4 is 17.9 Å². The van der Waals surface area contributed by atoms with Gasteiger partial charge in [-0.05, 0) is 64.2 Å². The molecule has 0 aromatic carbocycles. The van der Waals surface area contributed by atoms with Gasteiger partial charge in [-0.15, -0.1) is 0 Å². The van der Waals surface area contributed by atoms with Crippen molar-refractivity contribution < 1.29 is 28.6 Å². The average Bonchev–Trinajstić information content (AvgIpc) is 3.34. The van der Waals surface area contributed by atoms with Gasteiger partial charge in [-0.3, -0.25) is 14.4 Å². The number of hydrogen-bond acceptors (Lipinski definition) is 6. The van der Waals surface area contributed by atoms with E-state index in [1.807, 2.05) is 60.8 Å². The summed E-state index contributed by atoms with van der Waals surface area (Å²) in [7, 11) is 0. The maximum Gasteiger partial charge on any atom is 0.306 e. The highest BCUT2D eigenvalue weighted by molar-refractivity contribution is 5.71. The molecule has 386 valence electrons. The number of esters is 3. The first-order valence-corrected chi connectivity index (χ1v) is 28.0. The highest BCUT2D eigenvalue weighted by atomic mass is 16.6. The van der Waals surface area contributed by atoms with Gasteiger partial charge in [0, 0.05) is 19.3 Å². The molecule has 6 nitrogen and oxygen atoms in total. The lowest BCUT2D eigenvalue weighted by Gasteiger charge is -2.18. The summed E-state index contributed by atoms with van der Waals surface area (Å²) in [4.78, 5) is 38.1. The Morgan fingerprint density at radius 3 is 0.912 bits per heavy atom. The first kappa shape index (κ1) is 64.1. The molecule has 0 aliphatic carbocycles. The minimum absolute atomic E-state index is 0.103. The van der Waals surface area contributed by atoms with Gasteiger partial charge in [0.05, 0.1) is 0 Å². The van der Waals surface area contributed by atoms with Gasteiger partial charge in [0.15, 0.2) is 6.10 Å². The predicted molar refractivity (Wildman–Crippen MR) is 293 cm³/mol. The van der Waals surface area contributed by atoms with Gasteiger partial charge in [0.25, 0.3) is 0 Å². The van der Waals surface area contributed by atoms with Crippen LogP contribution < -0.4 is 0 Å². The molecule has 0 aliphatic rings. The molecular formula is C62H102O6. The van der Waals surface area contributed by atoms with Gasteiger partial charge in [0.2, 0.25) is 0 Å². The van der Waals surface area contributed by atoms with E-state index in [9.17, 15) is 14.4 Å². The van der Waals surface area contributed by atoms with Crippen LogP contribution in [0.2, 0.25) is 0 Å². The van der Waals surface area contributed by atoms with Crippen molar-refractivity contribution in [2.45, 2.75) is 252 Å². The molecule has 0 saturated heterocycles. The second-order valence-electron chi connectivity index (χ2n) is 18.3. The number of carbonyl (C=O) groups excluding carboxylic acids is 3. The molecule has 0 N–H and O–H groups in total. The van der Waals surface area contributed by atoms with Gasteiger partial charge in [-0.25, -0.2) is 0 Å². The average molecular weight is 943 g/mol. The summed E-state index contributed by atoms with van der Waals surface area (Å²) < 4.78 is 16.8. The fraction of sp³-hybridized carbons (Fsp3) is 0.661. The lowest BCUT2D eigenvalue weighted by atomic mass is 10.0. The molecule has 0 aliphatic heterocycles. The van der Waals surface area contributed by atoms with E-state index in [2.05, 4.69) is 69.4 Å². The Morgan fingerprint density at radius 2 is 0.574 bits per heavy atom. The summed E-state index contributed by atoms with van der Waals surface area (Å²) in [5.74, 6) is -0.966. The molecule has 0 radical (unpaired) electrons. The van der Waals surface area contributed by atoms with Crippen LogP contribution in [-0.2, 0) is 28.6 Å². The molecular weight excluding hydrogens is 841 g/mol. The van der Waals surface area contributed by atoms with E-state index >= 15 is 0 Å². The van der Waals surface area contributed by atoms with Gasteiger partial charge in [-0.1, -0.05) is 271 Å². The fourth-order valence-electron chi connectivity index (χ4n) is 7.53.